The van der Waals surface area contributed by atoms with E-state index in [1.807, 2.05) is 7.05 Å². The number of nitrogens with zero attached hydrogens (tertiary/aromatic N) is 1. The van der Waals surface area contributed by atoms with Crippen LogP contribution in [-0.2, 0) is 0 Å². The molecule has 0 atom stereocenters. The molecule has 1 nitrogen and oxygen atoms in total. The van der Waals surface area contributed by atoms with Crippen molar-refractivity contribution in [3.05, 3.63) is 17.0 Å². The summed E-state index contributed by atoms with van der Waals surface area (Å²) in [5.74, 6) is 2.08. The van der Waals surface area contributed by atoms with E-state index >= 15 is 0 Å². The molecule has 7 heavy (non-hydrogen) atoms. The maximum Gasteiger partial charge on any atom is 0.109 e. The largest absolute Gasteiger partial charge is 0.363 e. The molecule has 0 N–H and O–H groups in total. The van der Waals surface area contributed by atoms with E-state index in [9.17, 15) is 0 Å². The van der Waals surface area contributed by atoms with E-state index in [0.29, 0.717) is 0 Å². The Morgan fingerprint density at radius 3 is 2.57 bits per heavy atom. The summed E-state index contributed by atoms with van der Waals surface area (Å²) in [5, 5.41) is 2.12. The van der Waals surface area contributed by atoms with Gasteiger partial charge in [-0.15, -0.1) is 11.8 Å². The predicted molar refractivity (Wildman–Crippen MR) is 33.4 cm³/mol. The fourth-order valence-electron chi connectivity index (χ4n) is 0.386. The van der Waals surface area contributed by atoms with Crippen LogP contribution in [0.5, 0.6) is 0 Å². The van der Waals surface area contributed by atoms with Crippen molar-refractivity contribution in [3.8, 4) is 0 Å². The number of hydrogen-bond acceptors (Lipinski definition) is 2. The van der Waals surface area contributed by atoms with Crippen LogP contribution in [-0.4, -0.2) is 11.9 Å². The van der Waals surface area contributed by atoms with Gasteiger partial charge in [0, 0.05) is 12.7 Å². The molecular weight excluding hydrogens is 106 g/mol. The average Bonchev–Trinajstić information content (AvgIpc) is 1.91. The second-order valence-electron chi connectivity index (χ2n) is 1.61. The van der Waals surface area contributed by atoms with Crippen LogP contribution < -0.4 is 0 Å². The third-order valence-corrected chi connectivity index (χ3v) is 1.93. The first-order valence-electron chi connectivity index (χ1n) is 2.19. The van der Waals surface area contributed by atoms with Crippen molar-refractivity contribution in [2.45, 2.75) is 6.92 Å². The van der Waals surface area contributed by atoms with Crippen molar-refractivity contribution in [2.75, 3.05) is 7.05 Å². The van der Waals surface area contributed by atoms with E-state index in [2.05, 4.69) is 23.1 Å². The normalized spacial score (nSPS) is 20.3. The van der Waals surface area contributed by atoms with Gasteiger partial charge in [0.15, 0.2) is 0 Å². The zero-order valence-corrected chi connectivity index (χ0v) is 5.33. The highest BCUT2D eigenvalue weighted by molar-refractivity contribution is 8.04. The third kappa shape index (κ3) is 0.911. The summed E-state index contributed by atoms with van der Waals surface area (Å²) in [6, 6.07) is 0. The molecule has 0 saturated carbocycles. The van der Waals surface area contributed by atoms with Crippen molar-refractivity contribution in [1.29, 1.82) is 0 Å². The second-order valence-corrected chi connectivity index (χ2v) is 2.33. The maximum atomic E-state index is 2.12. The molecule has 0 bridgehead atoms. The first kappa shape index (κ1) is 5.04. The van der Waals surface area contributed by atoms with Gasteiger partial charge in [0.25, 0.3) is 0 Å². The summed E-state index contributed by atoms with van der Waals surface area (Å²) in [6.07, 6.45) is 0. The van der Waals surface area contributed by atoms with Gasteiger partial charge in [-0.3, -0.25) is 0 Å². The van der Waals surface area contributed by atoms with Crippen LogP contribution >= 0.6 is 11.8 Å². The van der Waals surface area contributed by atoms with Gasteiger partial charge in [0.2, 0.25) is 0 Å². The lowest BCUT2D eigenvalue weighted by molar-refractivity contribution is 0.560. The van der Waals surface area contributed by atoms with Crippen LogP contribution in [0.3, 0.4) is 0 Å². The number of allylic oxidation sites excluding steroid dienone is 1. The fraction of sp³-hybridized carbons (Fsp3) is 0.400. The van der Waals surface area contributed by atoms with Crippen molar-refractivity contribution in [2.24, 2.45) is 0 Å². The average molecular weight is 114 g/mol. The van der Waals surface area contributed by atoms with E-state index in [1.54, 1.807) is 11.8 Å². The number of hydrogen-bond donors (Lipinski definition) is 0. The third-order valence-electron chi connectivity index (χ3n) is 1.01. The topological polar surface area (TPSA) is 3.24 Å². The van der Waals surface area contributed by atoms with Gasteiger partial charge < -0.3 is 4.90 Å². The van der Waals surface area contributed by atoms with Crippen LogP contribution in [0.2, 0.25) is 0 Å². The summed E-state index contributed by atoms with van der Waals surface area (Å²) >= 11 is 1.73. The van der Waals surface area contributed by atoms with Crippen LogP contribution in [0, 0.1) is 5.88 Å². The van der Waals surface area contributed by atoms with Crippen molar-refractivity contribution in [1.82, 2.24) is 4.90 Å². The Kier molecular flexibility index (Phi) is 1.28. The molecular formula is C5H8NS. The standard InChI is InChI=1S/C5H8NS/c1-5-3-7-4-6(5)2/h3-4H,1-2H3. The van der Waals surface area contributed by atoms with Crippen molar-refractivity contribution >= 4 is 11.8 Å². The lowest BCUT2D eigenvalue weighted by Crippen LogP contribution is -2.04. The van der Waals surface area contributed by atoms with Crippen LogP contribution in [0.1, 0.15) is 6.92 Å². The molecule has 2 heteroatoms. The van der Waals surface area contributed by atoms with Crippen LogP contribution in [0.25, 0.3) is 0 Å². The molecule has 1 rings (SSSR count). The zero-order chi connectivity index (χ0) is 5.28. The van der Waals surface area contributed by atoms with E-state index < -0.39 is 0 Å². The van der Waals surface area contributed by atoms with Crippen molar-refractivity contribution in [3.63, 3.8) is 0 Å². The maximum absolute atomic E-state index is 2.12. The summed E-state index contributed by atoms with van der Waals surface area (Å²) in [4.78, 5) is 2.10. The second kappa shape index (κ2) is 1.78. The summed E-state index contributed by atoms with van der Waals surface area (Å²) in [7, 11) is 2.05. The smallest absolute Gasteiger partial charge is 0.109 e. The van der Waals surface area contributed by atoms with Gasteiger partial charge in [-0.2, -0.15) is 0 Å². The molecule has 0 unspecified atom stereocenters. The molecule has 1 heterocycles. The molecule has 0 aromatic carbocycles. The Labute approximate surface area is 48.4 Å². The lowest BCUT2D eigenvalue weighted by atomic mass is 10.5. The van der Waals surface area contributed by atoms with Gasteiger partial charge in [0.1, 0.15) is 5.88 Å². The fourth-order valence-corrected chi connectivity index (χ4v) is 1.16. The highest BCUT2D eigenvalue weighted by atomic mass is 32.2. The molecule has 0 saturated heterocycles. The van der Waals surface area contributed by atoms with Crippen LogP contribution in [0.15, 0.2) is 11.1 Å². The SMILES string of the molecule is CC1=CS[CH]N1C. The van der Waals surface area contributed by atoms with E-state index in [0.717, 1.165) is 0 Å². The van der Waals surface area contributed by atoms with Gasteiger partial charge in [-0.1, -0.05) is 0 Å². The van der Waals surface area contributed by atoms with E-state index in [-0.39, 0.29) is 0 Å². The highest BCUT2D eigenvalue weighted by Gasteiger charge is 2.04. The Morgan fingerprint density at radius 2 is 2.43 bits per heavy atom. The Bertz CT molecular complexity index is 98.3. The quantitative estimate of drug-likeness (QED) is 0.471. The molecule has 1 aliphatic heterocycles. The molecule has 0 aromatic heterocycles. The summed E-state index contributed by atoms with van der Waals surface area (Å²) < 4.78 is 0. The predicted octanol–water partition coefficient (Wildman–Crippen LogP) is 1.65. The van der Waals surface area contributed by atoms with E-state index in [4.69, 9.17) is 0 Å². The van der Waals surface area contributed by atoms with Gasteiger partial charge >= 0.3 is 0 Å². The minimum atomic E-state index is 1.32. The number of rotatable bonds is 0. The van der Waals surface area contributed by atoms with Crippen molar-refractivity contribution < 1.29 is 0 Å². The number of thioether (sulfide) groups is 1. The lowest BCUT2D eigenvalue weighted by Gasteiger charge is -2.08. The minimum Gasteiger partial charge on any atom is -0.363 e. The van der Waals surface area contributed by atoms with E-state index in [1.165, 1.54) is 5.70 Å². The molecule has 39 valence electrons. The van der Waals surface area contributed by atoms with Crippen LogP contribution in [0.4, 0.5) is 0 Å². The molecule has 0 amide bonds. The monoisotopic (exact) mass is 114 g/mol. The first-order valence-corrected chi connectivity index (χ1v) is 3.13. The molecule has 1 radical (unpaired) electrons. The molecule has 0 spiro atoms. The molecule has 0 fully saturated rings. The minimum absolute atomic E-state index is 1.32. The first-order chi connectivity index (χ1) is 3.30. The zero-order valence-electron chi connectivity index (χ0n) is 4.51. The molecule has 0 aliphatic carbocycles. The summed E-state index contributed by atoms with van der Waals surface area (Å²) in [6.45, 7) is 2.09. The van der Waals surface area contributed by atoms with Gasteiger partial charge in [-0.05, 0) is 12.3 Å². The summed E-state index contributed by atoms with van der Waals surface area (Å²) in [5.41, 5.74) is 1.32. The Hall–Kier alpha value is -0.110. The van der Waals surface area contributed by atoms with Gasteiger partial charge in [0.05, 0.1) is 0 Å². The Morgan fingerprint density at radius 1 is 1.71 bits per heavy atom. The van der Waals surface area contributed by atoms with Gasteiger partial charge in [-0.25, -0.2) is 0 Å². The molecule has 1 aliphatic rings. The molecule has 0 aromatic rings. The highest BCUT2D eigenvalue weighted by Crippen LogP contribution is 2.23. The Balaban J connectivity index is 2.54.